The van der Waals surface area contributed by atoms with E-state index in [1.807, 2.05) is 30.3 Å². The molecule has 0 unspecified atom stereocenters. The fraction of sp³-hybridized carbons (Fsp3) is 0.500. The van der Waals surface area contributed by atoms with E-state index in [-0.39, 0.29) is 30.7 Å². The van der Waals surface area contributed by atoms with E-state index in [4.69, 9.17) is 14.2 Å². The number of aryl methyl sites for hydroxylation is 1. The summed E-state index contributed by atoms with van der Waals surface area (Å²) in [6.45, 7) is 0.222. The van der Waals surface area contributed by atoms with Crippen molar-refractivity contribution in [3.8, 4) is 0 Å². The summed E-state index contributed by atoms with van der Waals surface area (Å²) in [5.41, 5.74) is 1.09. The van der Waals surface area contributed by atoms with Crippen LogP contribution in [-0.4, -0.2) is 36.7 Å². The highest BCUT2D eigenvalue weighted by Gasteiger charge is 2.64. The molecule has 1 aromatic rings. The second kappa shape index (κ2) is 6.02. The number of esters is 3. The fourth-order valence-electron chi connectivity index (χ4n) is 3.99. The van der Waals surface area contributed by atoms with Gasteiger partial charge in [-0.2, -0.15) is 0 Å². The van der Waals surface area contributed by atoms with Crippen molar-refractivity contribution in [3.63, 3.8) is 0 Å². The number of benzene rings is 1. The van der Waals surface area contributed by atoms with E-state index in [1.54, 1.807) is 0 Å². The lowest BCUT2D eigenvalue weighted by Crippen LogP contribution is -2.37. The maximum absolute atomic E-state index is 11.9. The van der Waals surface area contributed by atoms with Crippen LogP contribution in [0.5, 0.6) is 0 Å². The first-order valence-corrected chi connectivity index (χ1v) is 8.24. The van der Waals surface area contributed by atoms with Crippen molar-refractivity contribution >= 4 is 17.9 Å². The smallest absolute Gasteiger partial charge is 0.320 e. The van der Waals surface area contributed by atoms with E-state index in [0.29, 0.717) is 19.3 Å². The molecule has 0 saturated carbocycles. The minimum Gasteiger partial charge on any atom is -0.465 e. The van der Waals surface area contributed by atoms with Crippen molar-refractivity contribution < 1.29 is 28.6 Å². The van der Waals surface area contributed by atoms with E-state index < -0.39 is 23.8 Å². The number of rotatable bonds is 5. The molecule has 5 atom stereocenters. The lowest BCUT2D eigenvalue weighted by Gasteiger charge is -2.23. The molecule has 0 N–H and O–H groups in total. The number of ether oxygens (including phenoxy) is 3. The third-order valence-electron chi connectivity index (χ3n) is 5.14. The molecule has 126 valence electrons. The molecule has 3 saturated heterocycles. The van der Waals surface area contributed by atoms with Crippen molar-refractivity contribution in [1.29, 1.82) is 0 Å². The Morgan fingerprint density at radius 3 is 2.67 bits per heavy atom. The molecule has 6 heteroatoms. The highest BCUT2D eigenvalue weighted by atomic mass is 16.6. The molecule has 4 rings (SSSR count). The van der Waals surface area contributed by atoms with Gasteiger partial charge >= 0.3 is 17.9 Å². The van der Waals surface area contributed by atoms with Crippen LogP contribution in [0.15, 0.2) is 30.3 Å². The first-order valence-electron chi connectivity index (χ1n) is 8.24. The molecule has 0 aliphatic carbocycles. The number of hydrogen-bond donors (Lipinski definition) is 0. The van der Waals surface area contributed by atoms with Gasteiger partial charge in [0.15, 0.2) is 0 Å². The Labute approximate surface area is 139 Å². The zero-order chi connectivity index (χ0) is 16.7. The third-order valence-corrected chi connectivity index (χ3v) is 5.14. The summed E-state index contributed by atoms with van der Waals surface area (Å²) < 4.78 is 15.8. The predicted molar refractivity (Wildman–Crippen MR) is 80.6 cm³/mol. The standard InChI is InChI=1S/C18H18O6/c19-13(7-6-10-4-2-1-3-5-10)22-9-11-8-12-14-15(16(11)23-12)18(21)24-17(14)20/h1-5,11-12,14-16H,6-9H2/t11-,12+,14+,15+,16-/m1/s1. The van der Waals surface area contributed by atoms with E-state index in [2.05, 4.69) is 0 Å². The molecule has 6 nitrogen and oxygen atoms in total. The van der Waals surface area contributed by atoms with Gasteiger partial charge in [0.2, 0.25) is 0 Å². The van der Waals surface area contributed by atoms with Crippen molar-refractivity contribution in [2.75, 3.05) is 6.61 Å². The maximum atomic E-state index is 11.9. The van der Waals surface area contributed by atoms with E-state index >= 15 is 0 Å². The molecule has 3 heterocycles. The highest BCUT2D eigenvalue weighted by molar-refractivity contribution is 5.98. The van der Waals surface area contributed by atoms with Crippen LogP contribution < -0.4 is 0 Å². The Kier molecular flexibility index (Phi) is 3.84. The van der Waals surface area contributed by atoms with Crippen molar-refractivity contribution in [1.82, 2.24) is 0 Å². The lowest BCUT2D eigenvalue weighted by atomic mass is 9.75. The molecule has 0 aromatic heterocycles. The summed E-state index contributed by atoms with van der Waals surface area (Å²) in [4.78, 5) is 35.3. The molecule has 3 fully saturated rings. The minimum absolute atomic E-state index is 0.0459. The van der Waals surface area contributed by atoms with Gasteiger partial charge in [-0.1, -0.05) is 30.3 Å². The van der Waals surface area contributed by atoms with Gasteiger partial charge in [0.05, 0.1) is 30.7 Å². The first kappa shape index (κ1) is 15.3. The van der Waals surface area contributed by atoms with E-state index in [0.717, 1.165) is 5.56 Å². The summed E-state index contributed by atoms with van der Waals surface area (Å²) in [7, 11) is 0. The van der Waals surface area contributed by atoms with Crippen LogP contribution in [0, 0.1) is 17.8 Å². The molecule has 3 aliphatic heterocycles. The van der Waals surface area contributed by atoms with Crippen LogP contribution in [-0.2, 0) is 35.0 Å². The second-order valence-corrected chi connectivity index (χ2v) is 6.60. The highest BCUT2D eigenvalue weighted by Crippen LogP contribution is 2.50. The predicted octanol–water partition coefficient (Wildman–Crippen LogP) is 1.27. The Bertz CT molecular complexity index is 669. The Morgan fingerprint density at radius 1 is 1.12 bits per heavy atom. The summed E-state index contributed by atoms with van der Waals surface area (Å²) in [6, 6.07) is 9.75. The lowest BCUT2D eigenvalue weighted by molar-refractivity contribution is -0.156. The van der Waals surface area contributed by atoms with Crippen molar-refractivity contribution in [3.05, 3.63) is 35.9 Å². The average Bonchev–Trinajstić information content (AvgIpc) is 3.24. The number of cyclic esters (lactones) is 2. The maximum Gasteiger partial charge on any atom is 0.320 e. The van der Waals surface area contributed by atoms with Gasteiger partial charge in [-0.3, -0.25) is 14.4 Å². The van der Waals surface area contributed by atoms with E-state index in [9.17, 15) is 14.4 Å². The average molecular weight is 330 g/mol. The van der Waals surface area contributed by atoms with Gasteiger partial charge in [0.25, 0.3) is 0 Å². The first-order chi connectivity index (χ1) is 11.6. The quantitative estimate of drug-likeness (QED) is 0.597. The second-order valence-electron chi connectivity index (χ2n) is 6.60. The number of carbonyl (C=O) groups excluding carboxylic acids is 3. The van der Waals surface area contributed by atoms with Gasteiger partial charge in [-0.15, -0.1) is 0 Å². The fourth-order valence-corrected chi connectivity index (χ4v) is 3.99. The van der Waals surface area contributed by atoms with Crippen LogP contribution >= 0.6 is 0 Å². The van der Waals surface area contributed by atoms with Crippen LogP contribution in [0.4, 0.5) is 0 Å². The summed E-state index contributed by atoms with van der Waals surface area (Å²) in [6.07, 6.45) is 0.921. The molecule has 1 aromatic carbocycles. The number of hydrogen-bond acceptors (Lipinski definition) is 6. The zero-order valence-corrected chi connectivity index (χ0v) is 13.1. The third kappa shape index (κ3) is 2.60. The van der Waals surface area contributed by atoms with Crippen LogP contribution in [0.25, 0.3) is 0 Å². The largest absolute Gasteiger partial charge is 0.465 e. The van der Waals surface area contributed by atoms with Gasteiger partial charge in [0.1, 0.15) is 0 Å². The molecular weight excluding hydrogens is 312 g/mol. The summed E-state index contributed by atoms with van der Waals surface area (Å²) >= 11 is 0. The molecule has 0 radical (unpaired) electrons. The molecular formula is C18H18O6. The monoisotopic (exact) mass is 330 g/mol. The van der Waals surface area contributed by atoms with Gasteiger partial charge in [0, 0.05) is 12.3 Å². The van der Waals surface area contributed by atoms with Gasteiger partial charge < -0.3 is 14.2 Å². The van der Waals surface area contributed by atoms with Gasteiger partial charge in [-0.25, -0.2) is 0 Å². The molecule has 2 bridgehead atoms. The van der Waals surface area contributed by atoms with Crippen LogP contribution in [0.1, 0.15) is 18.4 Å². The topological polar surface area (TPSA) is 78.9 Å². The van der Waals surface area contributed by atoms with Gasteiger partial charge in [-0.05, 0) is 18.4 Å². The molecule has 0 amide bonds. The zero-order valence-electron chi connectivity index (χ0n) is 13.1. The molecule has 0 spiro atoms. The SMILES string of the molecule is O=C(CCc1ccccc1)OC[C@H]1C[C@@H]2O[C@H]1[C@H]1C(=O)OC(=O)[C@H]12. The Hall–Kier alpha value is -2.21. The van der Waals surface area contributed by atoms with Crippen molar-refractivity contribution in [2.24, 2.45) is 17.8 Å². The summed E-state index contributed by atoms with van der Waals surface area (Å²) in [5, 5.41) is 0. The Morgan fingerprint density at radius 2 is 1.88 bits per heavy atom. The summed E-state index contributed by atoms with van der Waals surface area (Å²) in [5.74, 6) is -2.27. The molecule has 24 heavy (non-hydrogen) atoms. The van der Waals surface area contributed by atoms with E-state index in [1.165, 1.54) is 0 Å². The molecule has 3 aliphatic rings. The Balaban J connectivity index is 1.28. The van der Waals surface area contributed by atoms with Crippen molar-refractivity contribution in [2.45, 2.75) is 31.5 Å². The number of carbonyl (C=O) groups is 3. The normalized spacial score (nSPS) is 33.4. The number of fused-ring (bicyclic) bond motifs is 5. The minimum atomic E-state index is -0.524. The van der Waals surface area contributed by atoms with Crippen LogP contribution in [0.3, 0.4) is 0 Å². The van der Waals surface area contributed by atoms with Crippen LogP contribution in [0.2, 0.25) is 0 Å².